The maximum Gasteiger partial charge on any atom is 0.256 e. The third-order valence-electron chi connectivity index (χ3n) is 5.34. The molecule has 2 atom stereocenters. The SMILES string of the molecule is CCC(C)C(=O)N=S(C)(=O)c1cnn2c1CN(C(=O)C1(CO)COC1)CC2. The fourth-order valence-corrected chi connectivity index (χ4v) is 4.63. The van der Waals surface area contributed by atoms with Crippen molar-refractivity contribution in [3.05, 3.63) is 11.9 Å². The smallest absolute Gasteiger partial charge is 0.256 e. The van der Waals surface area contributed by atoms with Crippen LogP contribution in [0, 0.1) is 11.3 Å². The zero-order valence-electron chi connectivity index (χ0n) is 15.9. The molecule has 1 aromatic rings. The van der Waals surface area contributed by atoms with Crippen molar-refractivity contribution < 1.29 is 23.6 Å². The molecule has 2 aliphatic heterocycles. The van der Waals surface area contributed by atoms with Gasteiger partial charge in [0.05, 0.1) is 59.4 Å². The van der Waals surface area contributed by atoms with Crippen molar-refractivity contribution in [2.24, 2.45) is 15.7 Å². The summed E-state index contributed by atoms with van der Waals surface area (Å²) < 4.78 is 23.9. The van der Waals surface area contributed by atoms with Gasteiger partial charge in [0, 0.05) is 18.7 Å². The minimum Gasteiger partial charge on any atom is -0.395 e. The van der Waals surface area contributed by atoms with Gasteiger partial charge in [-0.1, -0.05) is 13.8 Å². The molecule has 0 bridgehead atoms. The van der Waals surface area contributed by atoms with Crippen LogP contribution in [0.25, 0.3) is 0 Å². The van der Waals surface area contributed by atoms with Crippen molar-refractivity contribution in [1.82, 2.24) is 14.7 Å². The number of aliphatic hydroxyl groups excluding tert-OH is 1. The predicted octanol–water partition coefficient (Wildman–Crippen LogP) is 0.264. The molecular formula is C17H26N4O5S. The first-order valence-corrected chi connectivity index (χ1v) is 10.9. The van der Waals surface area contributed by atoms with Crippen molar-refractivity contribution in [3.8, 4) is 0 Å². The summed E-state index contributed by atoms with van der Waals surface area (Å²) in [6.45, 7) is 4.89. The number of fused-ring (bicyclic) bond motifs is 1. The van der Waals surface area contributed by atoms with Crippen LogP contribution in [0.3, 0.4) is 0 Å². The number of rotatable bonds is 5. The van der Waals surface area contributed by atoms with Gasteiger partial charge < -0.3 is 14.7 Å². The van der Waals surface area contributed by atoms with Crippen molar-refractivity contribution in [1.29, 1.82) is 0 Å². The van der Waals surface area contributed by atoms with E-state index in [2.05, 4.69) is 9.46 Å². The van der Waals surface area contributed by atoms with Gasteiger partial charge in [0.25, 0.3) is 5.91 Å². The van der Waals surface area contributed by atoms with Gasteiger partial charge in [-0.2, -0.15) is 9.46 Å². The first-order chi connectivity index (χ1) is 12.7. The maximum absolute atomic E-state index is 13.1. The number of hydrogen-bond donors (Lipinski definition) is 1. The molecule has 2 amide bonds. The Balaban J connectivity index is 1.89. The molecule has 0 aromatic carbocycles. The van der Waals surface area contributed by atoms with E-state index in [0.717, 1.165) is 0 Å². The summed E-state index contributed by atoms with van der Waals surface area (Å²) in [5, 5.41) is 13.9. The molecule has 1 aromatic heterocycles. The van der Waals surface area contributed by atoms with E-state index in [4.69, 9.17) is 4.74 Å². The van der Waals surface area contributed by atoms with Crippen LogP contribution in [0.2, 0.25) is 0 Å². The Hall–Kier alpha value is -1.78. The third-order valence-corrected chi connectivity index (χ3v) is 7.02. The molecule has 3 rings (SSSR count). The molecule has 9 nitrogen and oxygen atoms in total. The largest absolute Gasteiger partial charge is 0.395 e. The van der Waals surface area contributed by atoms with Crippen LogP contribution >= 0.6 is 0 Å². The summed E-state index contributed by atoms with van der Waals surface area (Å²) >= 11 is 0. The van der Waals surface area contributed by atoms with Crippen LogP contribution in [-0.2, 0) is 37.1 Å². The third kappa shape index (κ3) is 3.53. The van der Waals surface area contributed by atoms with Gasteiger partial charge in [-0.25, -0.2) is 4.21 Å². The van der Waals surface area contributed by atoms with E-state index in [1.54, 1.807) is 16.5 Å². The summed E-state index contributed by atoms with van der Waals surface area (Å²) in [5.41, 5.74) is -0.261. The summed E-state index contributed by atoms with van der Waals surface area (Å²) in [7, 11) is -2.96. The number of hydrogen-bond acceptors (Lipinski definition) is 6. The normalized spacial score (nSPS) is 21.6. The van der Waals surface area contributed by atoms with E-state index < -0.39 is 15.1 Å². The van der Waals surface area contributed by atoms with Gasteiger partial charge in [0.2, 0.25) is 5.91 Å². The van der Waals surface area contributed by atoms with Crippen LogP contribution in [0.1, 0.15) is 26.0 Å². The lowest BCUT2D eigenvalue weighted by atomic mass is 9.85. The standard InChI is InChI=1S/C17H26N4O5S/c1-4-12(2)15(23)19-27(3,25)14-7-18-21-6-5-20(8-13(14)21)16(24)17(9-22)10-26-11-17/h7,12,22H,4-6,8-11H2,1-3H3. The summed E-state index contributed by atoms with van der Waals surface area (Å²) in [5.74, 6) is -0.859. The Kier molecular flexibility index (Phi) is 5.42. The lowest BCUT2D eigenvalue weighted by Crippen LogP contribution is -2.58. The van der Waals surface area contributed by atoms with Crippen LogP contribution in [0.15, 0.2) is 15.5 Å². The lowest BCUT2D eigenvalue weighted by Gasteiger charge is -2.42. The Bertz CT molecular complexity index is 861. The van der Waals surface area contributed by atoms with E-state index in [1.165, 1.54) is 12.5 Å². The Morgan fingerprint density at radius 2 is 2.15 bits per heavy atom. The Labute approximate surface area is 158 Å². The zero-order valence-corrected chi connectivity index (χ0v) is 16.7. The van der Waals surface area contributed by atoms with Crippen LogP contribution < -0.4 is 0 Å². The van der Waals surface area contributed by atoms with E-state index in [9.17, 15) is 18.9 Å². The van der Waals surface area contributed by atoms with Crippen molar-refractivity contribution in [3.63, 3.8) is 0 Å². The highest BCUT2D eigenvalue weighted by molar-refractivity contribution is 7.93. The molecular weight excluding hydrogens is 372 g/mol. The second kappa shape index (κ2) is 7.33. The highest BCUT2D eigenvalue weighted by atomic mass is 32.2. The van der Waals surface area contributed by atoms with E-state index in [1.807, 2.05) is 6.92 Å². The van der Waals surface area contributed by atoms with Crippen LogP contribution in [-0.4, -0.2) is 68.4 Å². The molecule has 2 unspecified atom stereocenters. The molecule has 1 fully saturated rings. The molecule has 150 valence electrons. The van der Waals surface area contributed by atoms with E-state index in [0.29, 0.717) is 30.1 Å². The van der Waals surface area contributed by atoms with E-state index >= 15 is 0 Å². The summed E-state index contributed by atoms with van der Waals surface area (Å²) in [6.07, 6.45) is 3.53. The first-order valence-electron chi connectivity index (χ1n) is 9.03. The highest BCUT2D eigenvalue weighted by Gasteiger charge is 2.48. The number of aliphatic hydroxyl groups is 1. The quantitative estimate of drug-likeness (QED) is 0.761. The average Bonchev–Trinajstić information content (AvgIpc) is 3.04. The monoisotopic (exact) mass is 398 g/mol. The molecule has 3 heterocycles. The van der Waals surface area contributed by atoms with Crippen molar-refractivity contribution in [2.45, 2.75) is 38.3 Å². The first kappa shape index (κ1) is 20.0. The van der Waals surface area contributed by atoms with Gasteiger partial charge in [-0.15, -0.1) is 0 Å². The maximum atomic E-state index is 13.1. The fraction of sp³-hybridized carbons (Fsp3) is 0.706. The van der Waals surface area contributed by atoms with Crippen LogP contribution in [0.5, 0.6) is 0 Å². The number of ether oxygens (including phenoxy) is 1. The minimum absolute atomic E-state index is 0.176. The molecule has 10 heteroatoms. The molecule has 27 heavy (non-hydrogen) atoms. The number of carbonyl (C=O) groups is 2. The van der Waals surface area contributed by atoms with Crippen molar-refractivity contribution in [2.75, 3.05) is 32.6 Å². The van der Waals surface area contributed by atoms with Gasteiger partial charge in [-0.3, -0.25) is 14.3 Å². The second-order valence-corrected chi connectivity index (χ2v) is 9.61. The second-order valence-electron chi connectivity index (χ2n) is 7.38. The highest BCUT2D eigenvalue weighted by Crippen LogP contribution is 2.32. The Morgan fingerprint density at radius 3 is 2.70 bits per heavy atom. The van der Waals surface area contributed by atoms with Gasteiger partial charge in [0.1, 0.15) is 5.41 Å². The van der Waals surface area contributed by atoms with E-state index in [-0.39, 0.29) is 44.1 Å². The van der Waals surface area contributed by atoms with Gasteiger partial charge in [-0.05, 0) is 6.42 Å². The van der Waals surface area contributed by atoms with Gasteiger partial charge >= 0.3 is 0 Å². The van der Waals surface area contributed by atoms with Gasteiger partial charge in [0.15, 0.2) is 0 Å². The molecule has 1 N–H and O–H groups in total. The number of amides is 2. The van der Waals surface area contributed by atoms with Crippen molar-refractivity contribution >= 4 is 21.5 Å². The molecule has 0 spiro atoms. The predicted molar refractivity (Wildman–Crippen MR) is 97.2 cm³/mol. The molecule has 0 aliphatic carbocycles. The van der Waals surface area contributed by atoms with Crippen LogP contribution in [0.4, 0.5) is 0 Å². The number of carbonyl (C=O) groups excluding carboxylic acids is 2. The molecule has 0 radical (unpaired) electrons. The molecule has 2 aliphatic rings. The number of nitrogens with zero attached hydrogens (tertiary/aromatic N) is 4. The Morgan fingerprint density at radius 1 is 1.44 bits per heavy atom. The summed E-state index contributed by atoms with van der Waals surface area (Å²) in [4.78, 5) is 27.0. The summed E-state index contributed by atoms with van der Waals surface area (Å²) in [6, 6.07) is 0. The minimum atomic E-state index is -2.96. The average molecular weight is 398 g/mol. The topological polar surface area (TPSA) is 114 Å². The number of aromatic nitrogens is 2. The zero-order chi connectivity index (χ0) is 19.8. The molecule has 1 saturated heterocycles. The fourth-order valence-electron chi connectivity index (χ4n) is 3.16. The molecule has 0 saturated carbocycles. The lowest BCUT2D eigenvalue weighted by molar-refractivity contribution is -0.182.